The number of carbonyl (C=O) groups is 2. The molecule has 0 saturated heterocycles. The molecule has 0 aliphatic heterocycles. The van der Waals surface area contributed by atoms with E-state index in [0.29, 0.717) is 5.56 Å². The van der Waals surface area contributed by atoms with Gasteiger partial charge in [-0.05, 0) is 56.0 Å². The largest absolute Gasteiger partial charge is 0.347 e. The van der Waals surface area contributed by atoms with Gasteiger partial charge in [0.05, 0.1) is 11.4 Å². The Balaban J connectivity index is 1.81. The number of aryl methyl sites for hydroxylation is 4. The Hall–Kier alpha value is -2.71. The van der Waals surface area contributed by atoms with E-state index in [0.717, 1.165) is 22.4 Å². The number of hydrogen-bond donors (Lipinski definition) is 3. The Labute approximate surface area is 172 Å². The third-order valence-electron chi connectivity index (χ3n) is 4.47. The van der Waals surface area contributed by atoms with Gasteiger partial charge in [-0.25, -0.2) is 13.1 Å². The normalized spacial score (nSPS) is 11.2. The van der Waals surface area contributed by atoms with Crippen molar-refractivity contribution >= 4 is 27.5 Å². The highest BCUT2D eigenvalue weighted by atomic mass is 32.2. The van der Waals surface area contributed by atoms with Crippen molar-refractivity contribution < 1.29 is 18.0 Å². The number of hydrogen-bond acceptors (Lipinski definition) is 4. The molecule has 2 amide bonds. The molecule has 0 saturated carbocycles. The molecule has 29 heavy (non-hydrogen) atoms. The second-order valence-electron chi connectivity index (χ2n) is 7.01. The molecule has 7 nitrogen and oxygen atoms in total. The number of nitrogens with one attached hydrogen (secondary N) is 3. The van der Waals surface area contributed by atoms with E-state index >= 15 is 0 Å². The molecule has 156 valence electrons. The van der Waals surface area contributed by atoms with Gasteiger partial charge in [-0.1, -0.05) is 30.3 Å². The van der Waals surface area contributed by atoms with Crippen molar-refractivity contribution in [1.82, 2.24) is 10.0 Å². The molecular formula is C21H27N3O4S. The van der Waals surface area contributed by atoms with Gasteiger partial charge in [0, 0.05) is 18.7 Å². The standard InChI is InChI=1S/C21H27N3O4S/c1-14-8-9-15(2)18(12-14)29(27,28)23-11-10-19(25)22-13-20(26)24-21-16(3)6-5-7-17(21)4/h5-9,12,23H,10-11,13H2,1-4H3,(H,22,25)(H,24,26). The molecule has 0 atom stereocenters. The van der Waals surface area contributed by atoms with Gasteiger partial charge in [0.2, 0.25) is 21.8 Å². The van der Waals surface area contributed by atoms with Crippen LogP contribution in [0.3, 0.4) is 0 Å². The van der Waals surface area contributed by atoms with E-state index in [1.807, 2.05) is 45.0 Å². The lowest BCUT2D eigenvalue weighted by Gasteiger charge is -2.12. The predicted octanol–water partition coefficient (Wildman–Crippen LogP) is 2.34. The van der Waals surface area contributed by atoms with Gasteiger partial charge in [0.15, 0.2) is 0 Å². The summed E-state index contributed by atoms with van der Waals surface area (Å²) in [6.07, 6.45) is -0.0687. The molecule has 2 aromatic rings. The Kier molecular flexibility index (Phi) is 7.53. The van der Waals surface area contributed by atoms with E-state index in [1.54, 1.807) is 19.1 Å². The van der Waals surface area contributed by atoms with Crippen LogP contribution in [0.25, 0.3) is 0 Å². The molecule has 2 aromatic carbocycles. The van der Waals surface area contributed by atoms with Gasteiger partial charge < -0.3 is 10.6 Å². The van der Waals surface area contributed by atoms with E-state index in [2.05, 4.69) is 15.4 Å². The molecule has 0 unspecified atom stereocenters. The summed E-state index contributed by atoms with van der Waals surface area (Å²) in [4.78, 5) is 24.2. The van der Waals surface area contributed by atoms with Crippen LogP contribution < -0.4 is 15.4 Å². The number of benzene rings is 2. The maximum atomic E-state index is 12.4. The Morgan fingerprint density at radius 2 is 1.55 bits per heavy atom. The van der Waals surface area contributed by atoms with E-state index in [-0.39, 0.29) is 30.3 Å². The molecule has 0 heterocycles. The molecule has 0 aromatic heterocycles. The zero-order valence-corrected chi connectivity index (χ0v) is 17.9. The van der Waals surface area contributed by atoms with Crippen LogP contribution in [-0.4, -0.2) is 33.3 Å². The van der Waals surface area contributed by atoms with Gasteiger partial charge in [-0.2, -0.15) is 0 Å². The van der Waals surface area contributed by atoms with Crippen LogP contribution in [0.2, 0.25) is 0 Å². The summed E-state index contributed by atoms with van der Waals surface area (Å²) in [5.41, 5.74) is 4.07. The van der Waals surface area contributed by atoms with Crippen LogP contribution >= 0.6 is 0 Å². The fourth-order valence-electron chi connectivity index (χ4n) is 2.84. The topological polar surface area (TPSA) is 104 Å². The maximum Gasteiger partial charge on any atom is 0.243 e. The van der Waals surface area contributed by atoms with Gasteiger partial charge in [-0.15, -0.1) is 0 Å². The molecule has 8 heteroatoms. The van der Waals surface area contributed by atoms with Crippen molar-refractivity contribution in [2.75, 3.05) is 18.4 Å². The molecule has 0 fully saturated rings. The molecule has 0 spiro atoms. The third-order valence-corrected chi connectivity index (χ3v) is 6.07. The highest BCUT2D eigenvalue weighted by Gasteiger charge is 2.17. The average molecular weight is 418 g/mol. The van der Waals surface area contributed by atoms with Crippen molar-refractivity contribution in [3.05, 3.63) is 58.7 Å². The monoisotopic (exact) mass is 417 g/mol. The summed E-state index contributed by atoms with van der Waals surface area (Å²) < 4.78 is 27.3. The van der Waals surface area contributed by atoms with E-state index in [1.165, 1.54) is 0 Å². The fourth-order valence-corrected chi connectivity index (χ4v) is 4.20. The van der Waals surface area contributed by atoms with Crippen molar-refractivity contribution in [3.8, 4) is 0 Å². The minimum Gasteiger partial charge on any atom is -0.347 e. The molecule has 0 aliphatic rings. The van der Waals surface area contributed by atoms with Crippen LogP contribution in [0.4, 0.5) is 5.69 Å². The second kappa shape index (κ2) is 9.67. The molecule has 2 rings (SSSR count). The lowest BCUT2D eigenvalue weighted by atomic mass is 10.1. The number of sulfonamides is 1. The van der Waals surface area contributed by atoms with Crippen LogP contribution in [0.15, 0.2) is 41.3 Å². The van der Waals surface area contributed by atoms with E-state index < -0.39 is 15.9 Å². The van der Waals surface area contributed by atoms with Crippen molar-refractivity contribution in [2.45, 2.75) is 39.0 Å². The first-order valence-corrected chi connectivity index (χ1v) is 10.8. The van der Waals surface area contributed by atoms with Crippen molar-refractivity contribution in [3.63, 3.8) is 0 Å². The molecule has 0 aliphatic carbocycles. The maximum absolute atomic E-state index is 12.4. The number of para-hydroxylation sites is 1. The molecule has 0 bridgehead atoms. The Morgan fingerprint density at radius 3 is 2.21 bits per heavy atom. The summed E-state index contributed by atoms with van der Waals surface area (Å²) in [5.74, 6) is -0.753. The van der Waals surface area contributed by atoms with Gasteiger partial charge >= 0.3 is 0 Å². The van der Waals surface area contributed by atoms with E-state index in [9.17, 15) is 18.0 Å². The Bertz CT molecular complexity index is 996. The SMILES string of the molecule is Cc1ccc(C)c(S(=O)(=O)NCCC(=O)NCC(=O)Nc2c(C)cccc2C)c1. The molecule has 0 radical (unpaired) electrons. The lowest BCUT2D eigenvalue weighted by Crippen LogP contribution is -2.35. The summed E-state index contributed by atoms with van der Waals surface area (Å²) in [6, 6.07) is 10.9. The third kappa shape index (κ3) is 6.40. The highest BCUT2D eigenvalue weighted by molar-refractivity contribution is 7.89. The van der Waals surface area contributed by atoms with Gasteiger partial charge in [0.1, 0.15) is 0 Å². The predicted molar refractivity (Wildman–Crippen MR) is 113 cm³/mol. The minimum absolute atomic E-state index is 0.0555. The van der Waals surface area contributed by atoms with Crippen LogP contribution in [0.5, 0.6) is 0 Å². The first kappa shape index (κ1) is 22.6. The highest BCUT2D eigenvalue weighted by Crippen LogP contribution is 2.19. The zero-order valence-electron chi connectivity index (χ0n) is 17.1. The first-order chi connectivity index (χ1) is 13.6. The zero-order chi connectivity index (χ0) is 21.6. The fraction of sp³-hybridized carbons (Fsp3) is 0.333. The number of anilines is 1. The lowest BCUT2D eigenvalue weighted by molar-refractivity contribution is -0.124. The minimum atomic E-state index is -3.70. The number of carbonyl (C=O) groups excluding carboxylic acids is 2. The second-order valence-corrected chi connectivity index (χ2v) is 8.74. The smallest absolute Gasteiger partial charge is 0.243 e. The van der Waals surface area contributed by atoms with Crippen molar-refractivity contribution in [2.24, 2.45) is 0 Å². The average Bonchev–Trinajstić information content (AvgIpc) is 2.65. The summed E-state index contributed by atoms with van der Waals surface area (Å²) in [6.45, 7) is 7.08. The summed E-state index contributed by atoms with van der Waals surface area (Å²) >= 11 is 0. The van der Waals surface area contributed by atoms with Crippen LogP contribution in [0, 0.1) is 27.7 Å². The number of rotatable bonds is 8. The molecular weight excluding hydrogens is 390 g/mol. The van der Waals surface area contributed by atoms with Crippen molar-refractivity contribution in [1.29, 1.82) is 0 Å². The van der Waals surface area contributed by atoms with Gasteiger partial charge in [0.25, 0.3) is 0 Å². The van der Waals surface area contributed by atoms with Gasteiger partial charge in [-0.3, -0.25) is 9.59 Å². The Morgan fingerprint density at radius 1 is 0.897 bits per heavy atom. The summed E-state index contributed by atoms with van der Waals surface area (Å²) in [5, 5.41) is 5.28. The van der Waals surface area contributed by atoms with Crippen LogP contribution in [-0.2, 0) is 19.6 Å². The quantitative estimate of drug-likeness (QED) is 0.613. The number of amides is 2. The summed E-state index contributed by atoms with van der Waals surface area (Å²) in [7, 11) is -3.70. The van der Waals surface area contributed by atoms with Crippen LogP contribution in [0.1, 0.15) is 28.7 Å². The molecule has 3 N–H and O–H groups in total. The first-order valence-electron chi connectivity index (χ1n) is 9.30. The van der Waals surface area contributed by atoms with E-state index in [4.69, 9.17) is 0 Å².